The third-order valence-corrected chi connectivity index (χ3v) is 6.02. The van der Waals surface area contributed by atoms with E-state index in [4.69, 9.17) is 11.6 Å². The van der Waals surface area contributed by atoms with Crippen LogP contribution in [-0.4, -0.2) is 23.2 Å². The average Bonchev–Trinajstić information content (AvgIpc) is 2.87. The maximum absolute atomic E-state index is 12.7. The summed E-state index contributed by atoms with van der Waals surface area (Å²) >= 11 is 6.04. The Balaban J connectivity index is 2.21. The number of para-hydroxylation sites is 2. The van der Waals surface area contributed by atoms with Crippen LogP contribution in [0.2, 0.25) is 5.02 Å². The molecule has 3 rings (SSSR count). The predicted molar refractivity (Wildman–Crippen MR) is 92.6 cm³/mol. The predicted octanol–water partition coefficient (Wildman–Crippen LogP) is 3.92. The lowest BCUT2D eigenvalue weighted by Crippen LogP contribution is -2.19. The highest BCUT2D eigenvalue weighted by molar-refractivity contribution is 7.91. The highest BCUT2D eigenvalue weighted by Gasteiger charge is 2.27. The lowest BCUT2D eigenvalue weighted by Gasteiger charge is -2.12. The van der Waals surface area contributed by atoms with Crippen LogP contribution in [0.15, 0.2) is 53.7 Å². The first-order chi connectivity index (χ1) is 10.9. The van der Waals surface area contributed by atoms with Crippen molar-refractivity contribution in [2.45, 2.75) is 30.8 Å². The first-order valence-corrected chi connectivity index (χ1v) is 9.25. The number of nitrogens with zero attached hydrogens (tertiary/aromatic N) is 2. The molecule has 0 saturated heterocycles. The van der Waals surface area contributed by atoms with Gasteiger partial charge in [-0.2, -0.15) is 0 Å². The smallest absolute Gasteiger partial charge is 0.229 e. The van der Waals surface area contributed by atoms with Gasteiger partial charge in [0.2, 0.25) is 15.0 Å². The molecule has 0 aliphatic carbocycles. The van der Waals surface area contributed by atoms with Crippen LogP contribution >= 0.6 is 11.6 Å². The maximum Gasteiger partial charge on any atom is 0.229 e. The first kappa shape index (κ1) is 16.0. The molecule has 0 atom stereocenters. The van der Waals surface area contributed by atoms with Crippen molar-refractivity contribution in [3.8, 4) is 0 Å². The van der Waals surface area contributed by atoms with E-state index in [1.54, 1.807) is 24.5 Å². The Kier molecular flexibility index (Phi) is 4.17. The van der Waals surface area contributed by atoms with Crippen molar-refractivity contribution in [2.75, 3.05) is 0 Å². The molecular formula is C17H17ClN2O2S. The monoisotopic (exact) mass is 348 g/mol. The summed E-state index contributed by atoms with van der Waals surface area (Å²) in [5, 5.41) is 0.200. The van der Waals surface area contributed by atoms with Gasteiger partial charge in [0.25, 0.3) is 0 Å². The zero-order valence-corrected chi connectivity index (χ0v) is 14.5. The summed E-state index contributed by atoms with van der Waals surface area (Å²) in [7, 11) is -3.48. The second kappa shape index (κ2) is 5.98. The molecule has 0 aliphatic heterocycles. The number of aromatic nitrogens is 2. The van der Waals surface area contributed by atoms with Gasteiger partial charge in [-0.25, -0.2) is 13.4 Å². The highest BCUT2D eigenvalue weighted by atomic mass is 35.5. The number of halogens is 1. The van der Waals surface area contributed by atoms with Crippen LogP contribution in [0.1, 0.15) is 19.4 Å². The van der Waals surface area contributed by atoms with E-state index in [9.17, 15) is 8.42 Å². The second-order valence-electron chi connectivity index (χ2n) is 5.69. The minimum atomic E-state index is -3.48. The molecule has 6 heteroatoms. The van der Waals surface area contributed by atoms with Gasteiger partial charge in [-0.1, -0.05) is 35.9 Å². The van der Waals surface area contributed by atoms with Crippen LogP contribution in [-0.2, 0) is 16.4 Å². The van der Waals surface area contributed by atoms with E-state index < -0.39 is 15.1 Å². The summed E-state index contributed by atoms with van der Waals surface area (Å²) in [5.74, 6) is 0. The summed E-state index contributed by atoms with van der Waals surface area (Å²) in [6.45, 7) is 3.74. The van der Waals surface area contributed by atoms with E-state index in [0.717, 1.165) is 11.1 Å². The van der Waals surface area contributed by atoms with Crippen LogP contribution in [0.25, 0.3) is 11.0 Å². The van der Waals surface area contributed by atoms with E-state index in [1.165, 1.54) is 0 Å². The van der Waals surface area contributed by atoms with Gasteiger partial charge in [0.05, 0.1) is 22.8 Å². The number of hydrogen-bond acceptors (Lipinski definition) is 3. The van der Waals surface area contributed by atoms with Crippen LogP contribution in [0.5, 0.6) is 0 Å². The van der Waals surface area contributed by atoms with Crippen molar-refractivity contribution in [2.24, 2.45) is 0 Å². The highest BCUT2D eigenvalue weighted by Crippen LogP contribution is 2.24. The lowest BCUT2D eigenvalue weighted by atomic mass is 10.2. The minimum Gasteiger partial charge on any atom is -0.310 e. The Labute approximate surface area is 140 Å². The molecule has 0 spiro atoms. The minimum absolute atomic E-state index is 0.105. The quantitative estimate of drug-likeness (QED) is 0.718. The molecule has 4 nitrogen and oxygen atoms in total. The van der Waals surface area contributed by atoms with E-state index in [1.807, 2.05) is 42.5 Å². The second-order valence-corrected chi connectivity index (χ2v) is 8.53. The van der Waals surface area contributed by atoms with Gasteiger partial charge in [-0.3, -0.25) is 0 Å². The van der Waals surface area contributed by atoms with Gasteiger partial charge in [-0.05, 0) is 43.7 Å². The van der Waals surface area contributed by atoms with Crippen molar-refractivity contribution in [1.82, 2.24) is 9.55 Å². The van der Waals surface area contributed by atoms with Crippen LogP contribution in [0.4, 0.5) is 0 Å². The molecule has 0 aliphatic rings. The SMILES string of the molecule is CC(C)S(=O)(=O)c1nc2ccccc2n1Cc1cccc(Cl)c1. The van der Waals surface area contributed by atoms with Crippen molar-refractivity contribution < 1.29 is 8.42 Å². The van der Waals surface area contributed by atoms with Crippen molar-refractivity contribution in [3.63, 3.8) is 0 Å². The number of benzene rings is 2. The number of sulfone groups is 1. The molecule has 0 bridgehead atoms. The van der Waals surface area contributed by atoms with Gasteiger partial charge in [0, 0.05) is 5.02 Å². The van der Waals surface area contributed by atoms with Crippen molar-refractivity contribution in [1.29, 1.82) is 0 Å². The van der Waals surface area contributed by atoms with Crippen LogP contribution in [0.3, 0.4) is 0 Å². The largest absolute Gasteiger partial charge is 0.310 e. The molecule has 0 unspecified atom stereocenters. The molecule has 120 valence electrons. The number of fused-ring (bicyclic) bond motifs is 1. The fourth-order valence-corrected chi connectivity index (χ4v) is 3.78. The fraction of sp³-hybridized carbons (Fsp3) is 0.235. The Bertz CT molecular complexity index is 962. The first-order valence-electron chi connectivity index (χ1n) is 7.33. The summed E-state index contributed by atoms with van der Waals surface area (Å²) < 4.78 is 27.1. The van der Waals surface area contributed by atoms with Gasteiger partial charge in [0.15, 0.2) is 0 Å². The molecule has 23 heavy (non-hydrogen) atoms. The molecule has 0 saturated carbocycles. The molecule has 0 fully saturated rings. The Morgan fingerprint density at radius 3 is 2.57 bits per heavy atom. The van der Waals surface area contributed by atoms with Gasteiger partial charge in [0.1, 0.15) is 0 Å². The molecular weight excluding hydrogens is 332 g/mol. The molecule has 2 aromatic carbocycles. The van der Waals surface area contributed by atoms with Crippen LogP contribution in [0, 0.1) is 0 Å². The summed E-state index contributed by atoms with van der Waals surface area (Å²) in [4.78, 5) is 4.37. The lowest BCUT2D eigenvalue weighted by molar-refractivity contribution is 0.567. The van der Waals surface area contributed by atoms with E-state index in [0.29, 0.717) is 17.1 Å². The molecule has 1 heterocycles. The van der Waals surface area contributed by atoms with Gasteiger partial charge >= 0.3 is 0 Å². The van der Waals surface area contributed by atoms with Gasteiger partial charge < -0.3 is 4.57 Å². The Morgan fingerprint density at radius 1 is 1.13 bits per heavy atom. The Morgan fingerprint density at radius 2 is 1.87 bits per heavy atom. The van der Waals surface area contributed by atoms with E-state index >= 15 is 0 Å². The Hall–Kier alpha value is -1.85. The maximum atomic E-state index is 12.7. The third-order valence-electron chi connectivity index (χ3n) is 3.72. The molecule has 0 amide bonds. The van der Waals surface area contributed by atoms with Gasteiger partial charge in [-0.15, -0.1) is 0 Å². The topological polar surface area (TPSA) is 52.0 Å². The van der Waals surface area contributed by atoms with Crippen molar-refractivity contribution >= 4 is 32.5 Å². The van der Waals surface area contributed by atoms with Crippen LogP contribution < -0.4 is 0 Å². The molecule has 3 aromatic rings. The fourth-order valence-electron chi connectivity index (χ4n) is 2.45. The van der Waals surface area contributed by atoms with Crippen molar-refractivity contribution in [3.05, 3.63) is 59.1 Å². The zero-order valence-electron chi connectivity index (χ0n) is 12.9. The number of hydrogen-bond donors (Lipinski definition) is 0. The summed E-state index contributed by atoms with van der Waals surface area (Å²) in [6, 6.07) is 14.8. The molecule has 0 radical (unpaired) electrons. The zero-order chi connectivity index (χ0) is 16.6. The summed E-state index contributed by atoms with van der Waals surface area (Å²) in [5.41, 5.74) is 2.40. The average molecular weight is 349 g/mol. The molecule has 1 aromatic heterocycles. The van der Waals surface area contributed by atoms with E-state index in [-0.39, 0.29) is 5.16 Å². The number of imidazole rings is 1. The van der Waals surface area contributed by atoms with E-state index in [2.05, 4.69) is 4.98 Å². The number of rotatable bonds is 4. The standard InChI is InChI=1S/C17H17ClN2O2S/c1-12(2)23(21,22)17-19-15-8-3-4-9-16(15)20(17)11-13-6-5-7-14(18)10-13/h3-10,12H,11H2,1-2H3. The molecule has 0 N–H and O–H groups in total. The normalized spacial score (nSPS) is 12.2. The third kappa shape index (κ3) is 2.99. The summed E-state index contributed by atoms with van der Waals surface area (Å²) in [6.07, 6.45) is 0.